The molecule has 2 heterocycles. The van der Waals surface area contributed by atoms with Crippen molar-refractivity contribution in [3.63, 3.8) is 0 Å². The van der Waals surface area contributed by atoms with Gasteiger partial charge >= 0.3 is 5.69 Å². The second kappa shape index (κ2) is 5.35. The monoisotopic (exact) mass is 295 g/mol. The lowest BCUT2D eigenvalue weighted by atomic mass is 9.96. The van der Waals surface area contributed by atoms with Gasteiger partial charge < -0.3 is 20.0 Å². The van der Waals surface area contributed by atoms with E-state index in [0.29, 0.717) is 5.92 Å². The molecule has 4 rings (SSSR count). The lowest BCUT2D eigenvalue weighted by Crippen LogP contribution is -2.03. The molecule has 1 atom stereocenters. The second-order valence-corrected chi connectivity index (χ2v) is 5.62. The summed E-state index contributed by atoms with van der Waals surface area (Å²) >= 11 is 0. The summed E-state index contributed by atoms with van der Waals surface area (Å²) in [5.74, 6) is 0.356. The van der Waals surface area contributed by atoms with E-state index in [1.54, 1.807) is 0 Å². The minimum Gasteiger partial charge on any atom is -0.381 e. The number of hydrogen-bond acceptors (Lipinski definition) is 3. The molecule has 112 valence electrons. The van der Waals surface area contributed by atoms with Crippen LogP contribution in [0.2, 0.25) is 0 Å². The van der Waals surface area contributed by atoms with Crippen molar-refractivity contribution in [3.8, 4) is 0 Å². The van der Waals surface area contributed by atoms with Crippen molar-refractivity contribution in [1.29, 1.82) is 0 Å². The van der Waals surface area contributed by atoms with Crippen molar-refractivity contribution >= 4 is 22.4 Å². The Bertz CT molecular complexity index is 845. The van der Waals surface area contributed by atoms with Gasteiger partial charge in [0.15, 0.2) is 0 Å². The SMILES string of the molecule is O=c1[nH]c2cc(Nc3ccccc3)c(C3CCOC3)cc2[nH]1. The van der Waals surface area contributed by atoms with Crippen molar-refractivity contribution < 1.29 is 4.74 Å². The lowest BCUT2D eigenvalue weighted by molar-refractivity contribution is 0.194. The normalized spacial score (nSPS) is 17.9. The fourth-order valence-electron chi connectivity index (χ4n) is 3.00. The summed E-state index contributed by atoms with van der Waals surface area (Å²) in [5, 5.41) is 3.46. The molecular formula is C17H17N3O2. The molecule has 0 aliphatic carbocycles. The van der Waals surface area contributed by atoms with Gasteiger partial charge in [-0.05, 0) is 36.2 Å². The molecule has 5 nitrogen and oxygen atoms in total. The van der Waals surface area contributed by atoms with Gasteiger partial charge in [-0.15, -0.1) is 0 Å². The van der Waals surface area contributed by atoms with Crippen LogP contribution >= 0.6 is 0 Å². The average molecular weight is 295 g/mol. The Morgan fingerprint density at radius 1 is 1.09 bits per heavy atom. The number of aromatic amines is 2. The highest BCUT2D eigenvalue weighted by Crippen LogP contribution is 2.34. The van der Waals surface area contributed by atoms with Crippen LogP contribution in [0.15, 0.2) is 47.3 Å². The van der Waals surface area contributed by atoms with Gasteiger partial charge in [0.05, 0.1) is 17.6 Å². The molecule has 3 aromatic rings. The van der Waals surface area contributed by atoms with Gasteiger partial charge in [0.25, 0.3) is 0 Å². The van der Waals surface area contributed by atoms with Crippen LogP contribution in [0.1, 0.15) is 17.9 Å². The summed E-state index contributed by atoms with van der Waals surface area (Å²) in [6, 6.07) is 14.1. The molecule has 1 aliphatic heterocycles. The average Bonchev–Trinajstić information content (AvgIpc) is 3.15. The maximum atomic E-state index is 11.5. The van der Waals surface area contributed by atoms with E-state index in [1.807, 2.05) is 36.4 Å². The minimum absolute atomic E-state index is 0.180. The first-order chi connectivity index (χ1) is 10.8. The second-order valence-electron chi connectivity index (χ2n) is 5.62. The van der Waals surface area contributed by atoms with Crippen molar-refractivity contribution in [3.05, 3.63) is 58.5 Å². The number of hydrogen-bond donors (Lipinski definition) is 3. The van der Waals surface area contributed by atoms with E-state index in [2.05, 4.69) is 21.4 Å². The Balaban J connectivity index is 1.82. The molecule has 0 spiro atoms. The van der Waals surface area contributed by atoms with Crippen molar-refractivity contribution in [2.45, 2.75) is 12.3 Å². The van der Waals surface area contributed by atoms with Crippen molar-refractivity contribution in [2.75, 3.05) is 18.5 Å². The predicted molar refractivity (Wildman–Crippen MR) is 86.8 cm³/mol. The third kappa shape index (κ3) is 2.40. The van der Waals surface area contributed by atoms with Crippen LogP contribution in [0.3, 0.4) is 0 Å². The molecule has 2 aromatic carbocycles. The Labute approximate surface area is 127 Å². The minimum atomic E-state index is -0.180. The summed E-state index contributed by atoms with van der Waals surface area (Å²) < 4.78 is 5.53. The highest BCUT2D eigenvalue weighted by Gasteiger charge is 2.22. The van der Waals surface area contributed by atoms with Crippen LogP contribution < -0.4 is 11.0 Å². The molecule has 0 amide bonds. The number of ether oxygens (including phenoxy) is 1. The standard InChI is InChI=1S/C17H17N3O2/c21-17-19-15-8-13(11-6-7-22-10-11)14(9-16(15)20-17)18-12-4-2-1-3-5-12/h1-5,8-9,11,18H,6-7,10H2,(H2,19,20,21). The number of para-hydroxylation sites is 1. The maximum absolute atomic E-state index is 11.5. The topological polar surface area (TPSA) is 69.9 Å². The van der Waals surface area contributed by atoms with Gasteiger partial charge in [-0.1, -0.05) is 18.2 Å². The Kier molecular flexibility index (Phi) is 3.20. The summed E-state index contributed by atoms with van der Waals surface area (Å²) in [6.45, 7) is 1.51. The molecule has 0 radical (unpaired) electrons. The smallest absolute Gasteiger partial charge is 0.323 e. The third-order valence-electron chi connectivity index (χ3n) is 4.11. The van der Waals surface area contributed by atoms with E-state index in [4.69, 9.17) is 4.74 Å². The molecule has 1 aromatic heterocycles. The predicted octanol–water partition coefficient (Wildman–Crippen LogP) is 3.10. The number of aromatic nitrogens is 2. The van der Waals surface area contributed by atoms with Crippen LogP contribution in [0.25, 0.3) is 11.0 Å². The first kappa shape index (κ1) is 13.2. The zero-order chi connectivity index (χ0) is 14.9. The molecule has 1 saturated heterocycles. The highest BCUT2D eigenvalue weighted by molar-refractivity contribution is 5.83. The fourth-order valence-corrected chi connectivity index (χ4v) is 3.00. The van der Waals surface area contributed by atoms with Gasteiger partial charge in [0.2, 0.25) is 0 Å². The van der Waals surface area contributed by atoms with E-state index in [9.17, 15) is 4.79 Å². The molecule has 1 unspecified atom stereocenters. The van der Waals surface area contributed by atoms with Gasteiger partial charge in [0, 0.05) is 23.9 Å². The molecule has 1 aliphatic rings. The quantitative estimate of drug-likeness (QED) is 0.695. The van der Waals surface area contributed by atoms with Crippen molar-refractivity contribution in [1.82, 2.24) is 9.97 Å². The van der Waals surface area contributed by atoms with Crippen molar-refractivity contribution in [2.24, 2.45) is 0 Å². The number of H-pyrrole nitrogens is 2. The molecule has 0 saturated carbocycles. The Morgan fingerprint density at radius 3 is 2.59 bits per heavy atom. The van der Waals surface area contributed by atoms with E-state index in [0.717, 1.165) is 42.0 Å². The van der Waals surface area contributed by atoms with Crippen LogP contribution in [-0.4, -0.2) is 23.2 Å². The number of fused-ring (bicyclic) bond motifs is 1. The molecule has 5 heteroatoms. The molecule has 1 fully saturated rings. The first-order valence-electron chi connectivity index (χ1n) is 7.45. The van der Waals surface area contributed by atoms with Gasteiger partial charge in [-0.25, -0.2) is 4.79 Å². The summed E-state index contributed by atoms with van der Waals surface area (Å²) in [7, 11) is 0. The maximum Gasteiger partial charge on any atom is 0.323 e. The Morgan fingerprint density at radius 2 is 1.86 bits per heavy atom. The number of rotatable bonds is 3. The molecule has 22 heavy (non-hydrogen) atoms. The van der Waals surface area contributed by atoms with Gasteiger partial charge in [0.1, 0.15) is 0 Å². The van der Waals surface area contributed by atoms with Crippen LogP contribution in [0.4, 0.5) is 11.4 Å². The van der Waals surface area contributed by atoms with Crippen LogP contribution in [-0.2, 0) is 4.74 Å². The fraction of sp³-hybridized carbons (Fsp3) is 0.235. The Hall–Kier alpha value is -2.53. The lowest BCUT2D eigenvalue weighted by Gasteiger charge is -2.16. The summed E-state index contributed by atoms with van der Waals surface area (Å²) in [6.07, 6.45) is 1.00. The van der Waals surface area contributed by atoms with E-state index in [-0.39, 0.29) is 5.69 Å². The number of imidazole rings is 1. The number of benzene rings is 2. The van der Waals surface area contributed by atoms with Gasteiger partial charge in [-0.3, -0.25) is 0 Å². The van der Waals surface area contributed by atoms with Crippen LogP contribution in [0, 0.1) is 0 Å². The van der Waals surface area contributed by atoms with E-state index in [1.165, 1.54) is 5.56 Å². The first-order valence-corrected chi connectivity index (χ1v) is 7.45. The van der Waals surface area contributed by atoms with E-state index < -0.39 is 0 Å². The molecule has 3 N–H and O–H groups in total. The van der Waals surface area contributed by atoms with Gasteiger partial charge in [-0.2, -0.15) is 0 Å². The van der Waals surface area contributed by atoms with Crippen LogP contribution in [0.5, 0.6) is 0 Å². The number of anilines is 2. The summed E-state index contributed by atoms with van der Waals surface area (Å²) in [4.78, 5) is 17.2. The molecular weight excluding hydrogens is 278 g/mol. The zero-order valence-corrected chi connectivity index (χ0v) is 12.1. The summed E-state index contributed by atoms with van der Waals surface area (Å²) in [5.41, 5.74) is 4.70. The zero-order valence-electron chi connectivity index (χ0n) is 12.1. The largest absolute Gasteiger partial charge is 0.381 e. The number of nitrogens with one attached hydrogen (secondary N) is 3. The molecule has 0 bridgehead atoms. The highest BCUT2D eigenvalue weighted by atomic mass is 16.5. The van der Waals surface area contributed by atoms with E-state index >= 15 is 0 Å². The third-order valence-corrected chi connectivity index (χ3v) is 4.11.